The molecule has 8 rings (SSSR count). The molecule has 1 aliphatic heterocycles. The highest BCUT2D eigenvalue weighted by molar-refractivity contribution is 8.05. The molecule has 0 unspecified atom stereocenters. The lowest BCUT2D eigenvalue weighted by Crippen LogP contribution is -2.15. The zero-order valence-electron chi connectivity index (χ0n) is 27.3. The molecule has 0 spiro atoms. The summed E-state index contributed by atoms with van der Waals surface area (Å²) in [6, 6.07) is 44.4. The topological polar surface area (TPSA) is 12.9 Å². The van der Waals surface area contributed by atoms with E-state index in [2.05, 4.69) is 161 Å². The third-order valence-electron chi connectivity index (χ3n) is 9.49. The van der Waals surface area contributed by atoms with Crippen LogP contribution in [-0.4, -0.2) is 4.98 Å². The Morgan fingerprint density at radius 3 is 1.94 bits per heavy atom. The number of pyridine rings is 1. The van der Waals surface area contributed by atoms with E-state index in [1.54, 1.807) is 6.08 Å². The third-order valence-corrected chi connectivity index (χ3v) is 12.0. The number of benzene rings is 5. The van der Waals surface area contributed by atoms with E-state index in [-0.39, 0.29) is 5.41 Å². The summed E-state index contributed by atoms with van der Waals surface area (Å²) < 4.78 is 0. The number of allylic oxidation sites excluding steroid dienone is 5. The minimum Gasteiger partial charge on any atom is -0.248 e. The molecular weight excluding hydrogens is 619 g/mol. The van der Waals surface area contributed by atoms with Crippen molar-refractivity contribution in [2.24, 2.45) is 0 Å². The van der Waals surface area contributed by atoms with Crippen molar-refractivity contribution >= 4 is 29.1 Å². The minimum absolute atomic E-state index is 0.0828. The molecule has 0 bridgehead atoms. The predicted octanol–water partition coefficient (Wildman–Crippen LogP) is 13.2. The normalized spacial score (nSPS) is 14.3. The standard InChI is InChI=1S/C45H35NS2/c1-5-7-13-29(6-2)39-25-34(30-14-9-8-10-15-30)26-40(46-39)32-20-18-31(19-21-32)33-22-23-35-36-27-43-44(28-38(36)45(3,4)37(35)24-33)48-42-17-12-11-16-41(42)47-43/h5-28H,1H2,2-4H3/b13-7-,29-6+. The van der Waals surface area contributed by atoms with Crippen molar-refractivity contribution in [3.05, 3.63) is 169 Å². The molecule has 1 nitrogen and oxygen atoms in total. The van der Waals surface area contributed by atoms with Gasteiger partial charge in [0.05, 0.1) is 11.4 Å². The Bertz CT molecular complexity index is 2270. The molecule has 48 heavy (non-hydrogen) atoms. The van der Waals surface area contributed by atoms with Gasteiger partial charge in [0.15, 0.2) is 0 Å². The molecule has 0 radical (unpaired) electrons. The highest BCUT2D eigenvalue weighted by Gasteiger charge is 2.37. The second-order valence-electron chi connectivity index (χ2n) is 12.8. The maximum absolute atomic E-state index is 5.13. The molecule has 1 aliphatic carbocycles. The zero-order chi connectivity index (χ0) is 32.8. The molecule has 232 valence electrons. The van der Waals surface area contributed by atoms with E-state index in [9.17, 15) is 0 Å². The van der Waals surface area contributed by atoms with Crippen LogP contribution < -0.4 is 0 Å². The van der Waals surface area contributed by atoms with Crippen LogP contribution in [0.15, 0.2) is 172 Å². The fourth-order valence-corrected chi connectivity index (χ4v) is 9.17. The summed E-state index contributed by atoms with van der Waals surface area (Å²) in [5.41, 5.74) is 14.3. The molecule has 0 N–H and O–H groups in total. The van der Waals surface area contributed by atoms with Crippen LogP contribution in [0.3, 0.4) is 0 Å². The van der Waals surface area contributed by atoms with E-state index in [1.807, 2.05) is 29.6 Å². The summed E-state index contributed by atoms with van der Waals surface area (Å²) in [6.45, 7) is 10.6. The number of hydrogen-bond acceptors (Lipinski definition) is 3. The van der Waals surface area contributed by atoms with Crippen LogP contribution in [0.5, 0.6) is 0 Å². The summed E-state index contributed by atoms with van der Waals surface area (Å²) in [5.74, 6) is 0. The van der Waals surface area contributed by atoms with E-state index in [0.717, 1.165) is 28.1 Å². The molecule has 0 atom stereocenters. The lowest BCUT2D eigenvalue weighted by Gasteiger charge is -2.24. The largest absolute Gasteiger partial charge is 0.248 e. The van der Waals surface area contributed by atoms with E-state index in [1.165, 1.54) is 58.5 Å². The maximum Gasteiger partial charge on any atom is 0.0715 e. The Kier molecular flexibility index (Phi) is 7.83. The van der Waals surface area contributed by atoms with Gasteiger partial charge in [-0.25, -0.2) is 4.98 Å². The first kappa shape index (κ1) is 30.5. The predicted molar refractivity (Wildman–Crippen MR) is 206 cm³/mol. The van der Waals surface area contributed by atoms with Gasteiger partial charge in [-0.15, -0.1) is 0 Å². The van der Waals surface area contributed by atoms with E-state index >= 15 is 0 Å². The van der Waals surface area contributed by atoms with Crippen LogP contribution in [-0.2, 0) is 5.41 Å². The fourth-order valence-electron chi connectivity index (χ4n) is 6.89. The Hall–Kier alpha value is -4.83. The summed E-state index contributed by atoms with van der Waals surface area (Å²) in [4.78, 5) is 10.5. The van der Waals surface area contributed by atoms with Crippen molar-refractivity contribution < 1.29 is 0 Å². The molecule has 5 aromatic carbocycles. The molecular formula is C45H35NS2. The van der Waals surface area contributed by atoms with Gasteiger partial charge in [0.1, 0.15) is 0 Å². The fraction of sp³-hybridized carbons (Fsp3) is 0.0889. The van der Waals surface area contributed by atoms with Crippen molar-refractivity contribution in [2.75, 3.05) is 0 Å². The lowest BCUT2D eigenvalue weighted by atomic mass is 9.81. The monoisotopic (exact) mass is 653 g/mol. The van der Waals surface area contributed by atoms with Gasteiger partial charge in [0.25, 0.3) is 0 Å². The molecule has 0 amide bonds. The second kappa shape index (κ2) is 12.3. The van der Waals surface area contributed by atoms with E-state index < -0.39 is 0 Å². The van der Waals surface area contributed by atoms with Gasteiger partial charge in [0.2, 0.25) is 0 Å². The quantitative estimate of drug-likeness (QED) is 0.166. The first-order valence-corrected chi connectivity index (χ1v) is 18.0. The summed E-state index contributed by atoms with van der Waals surface area (Å²) in [5, 5.41) is 0. The number of fused-ring (bicyclic) bond motifs is 5. The molecule has 0 saturated carbocycles. The van der Waals surface area contributed by atoms with Crippen molar-refractivity contribution in [1.82, 2.24) is 4.98 Å². The number of rotatable bonds is 6. The Labute approximate surface area is 292 Å². The van der Waals surface area contributed by atoms with E-state index in [4.69, 9.17) is 4.98 Å². The number of hydrogen-bond donors (Lipinski definition) is 0. The molecule has 6 aromatic rings. The van der Waals surface area contributed by atoms with Crippen molar-refractivity contribution in [3.63, 3.8) is 0 Å². The van der Waals surface area contributed by atoms with Crippen LogP contribution in [0.4, 0.5) is 0 Å². The molecule has 3 heteroatoms. The van der Waals surface area contributed by atoms with Crippen LogP contribution in [0.1, 0.15) is 37.6 Å². The maximum atomic E-state index is 5.13. The van der Waals surface area contributed by atoms with Gasteiger partial charge in [-0.2, -0.15) is 0 Å². The zero-order valence-corrected chi connectivity index (χ0v) is 29.0. The van der Waals surface area contributed by atoms with Gasteiger partial charge in [0, 0.05) is 30.6 Å². The Morgan fingerprint density at radius 2 is 1.23 bits per heavy atom. The van der Waals surface area contributed by atoms with E-state index in [0.29, 0.717) is 0 Å². The van der Waals surface area contributed by atoms with Gasteiger partial charge >= 0.3 is 0 Å². The summed E-state index contributed by atoms with van der Waals surface area (Å²) >= 11 is 3.79. The van der Waals surface area contributed by atoms with Crippen molar-refractivity contribution in [1.29, 1.82) is 0 Å². The average Bonchev–Trinajstić information content (AvgIpc) is 3.35. The summed E-state index contributed by atoms with van der Waals surface area (Å²) in [7, 11) is 0. The highest BCUT2D eigenvalue weighted by Crippen LogP contribution is 2.56. The highest BCUT2D eigenvalue weighted by atomic mass is 32.2. The SMILES string of the molecule is C=C/C=C\C(=C/C)c1cc(-c2ccccc2)cc(-c2ccc(-c3ccc4c(c3)C(C)(C)c3cc5c(cc3-4)Sc3ccccc3S5)cc2)n1. The lowest BCUT2D eigenvalue weighted by molar-refractivity contribution is 0.658. The summed E-state index contributed by atoms with van der Waals surface area (Å²) in [6.07, 6.45) is 7.93. The van der Waals surface area contributed by atoms with Gasteiger partial charge in [-0.1, -0.05) is 147 Å². The van der Waals surface area contributed by atoms with Crippen molar-refractivity contribution in [2.45, 2.75) is 45.8 Å². The first-order chi connectivity index (χ1) is 23.4. The third kappa shape index (κ3) is 5.38. The minimum atomic E-state index is -0.0828. The number of aromatic nitrogens is 1. The first-order valence-electron chi connectivity index (χ1n) is 16.4. The Morgan fingerprint density at radius 1 is 0.604 bits per heavy atom. The molecule has 2 aliphatic rings. The smallest absolute Gasteiger partial charge is 0.0715 e. The molecule has 1 aromatic heterocycles. The van der Waals surface area contributed by atoms with Gasteiger partial charge in [-0.05, 0) is 99.5 Å². The molecule has 0 fully saturated rings. The van der Waals surface area contributed by atoms with Crippen LogP contribution in [0.2, 0.25) is 0 Å². The van der Waals surface area contributed by atoms with Crippen LogP contribution in [0.25, 0.3) is 50.2 Å². The molecule has 0 saturated heterocycles. The Balaban J connectivity index is 1.14. The van der Waals surface area contributed by atoms with Crippen LogP contribution >= 0.6 is 23.5 Å². The van der Waals surface area contributed by atoms with Crippen LogP contribution in [0, 0.1) is 0 Å². The van der Waals surface area contributed by atoms with Crippen molar-refractivity contribution in [3.8, 4) is 44.6 Å². The average molecular weight is 654 g/mol. The van der Waals surface area contributed by atoms with Gasteiger partial charge in [-0.3, -0.25) is 0 Å². The molecule has 2 heterocycles. The second-order valence-corrected chi connectivity index (χ2v) is 15.0. The number of nitrogens with zero attached hydrogens (tertiary/aromatic N) is 1. The van der Waals surface area contributed by atoms with Gasteiger partial charge < -0.3 is 0 Å².